The molecule has 2 rings (SSSR count). The molecule has 2 aromatic rings. The number of thiophene rings is 1. The summed E-state index contributed by atoms with van der Waals surface area (Å²) in [5, 5.41) is 15.8. The third-order valence-corrected chi connectivity index (χ3v) is 4.85. The van der Waals surface area contributed by atoms with E-state index >= 15 is 0 Å². The van der Waals surface area contributed by atoms with Gasteiger partial charge < -0.3 is 0 Å². The molecule has 0 aliphatic carbocycles. The molecule has 104 valence electrons. The van der Waals surface area contributed by atoms with Crippen molar-refractivity contribution in [3.63, 3.8) is 0 Å². The summed E-state index contributed by atoms with van der Waals surface area (Å²) in [6.07, 6.45) is 1.21. The average Bonchev–Trinajstić information content (AvgIpc) is 2.93. The summed E-state index contributed by atoms with van der Waals surface area (Å²) in [6, 6.07) is 8.78. The molecule has 1 aromatic carbocycles. The highest BCUT2D eigenvalue weighted by Gasteiger charge is 2.13. The van der Waals surface area contributed by atoms with Gasteiger partial charge in [-0.2, -0.15) is 18.4 Å². The quantitative estimate of drug-likeness (QED) is 0.518. The maximum absolute atomic E-state index is 11.7. The molecule has 1 heterocycles. The number of hydrogen-bond donors (Lipinski definition) is 1. The molecule has 0 saturated carbocycles. The summed E-state index contributed by atoms with van der Waals surface area (Å²) in [5.74, 6) is 0. The van der Waals surface area contributed by atoms with Gasteiger partial charge in [-0.1, -0.05) is 18.2 Å². The van der Waals surface area contributed by atoms with Gasteiger partial charge in [0.2, 0.25) is 0 Å². The lowest BCUT2D eigenvalue weighted by Gasteiger charge is -1.99. The molecule has 1 aromatic heterocycles. The van der Waals surface area contributed by atoms with Crippen LogP contribution in [0.1, 0.15) is 5.56 Å². The van der Waals surface area contributed by atoms with Gasteiger partial charge in [-0.3, -0.25) is 10.1 Å². The highest BCUT2D eigenvalue weighted by molar-refractivity contribution is 7.91. The maximum Gasteiger partial charge on any atom is 0.286 e. The fourth-order valence-electron chi connectivity index (χ4n) is 1.35. The van der Waals surface area contributed by atoms with Crippen LogP contribution in [-0.2, 0) is 10.0 Å². The monoisotopic (exact) mass is 311 g/mol. The topological polar surface area (TPSA) is 102 Å². The Morgan fingerprint density at radius 3 is 2.75 bits per heavy atom. The normalized spacial score (nSPS) is 11.6. The van der Waals surface area contributed by atoms with E-state index in [0.717, 1.165) is 11.3 Å². The molecule has 20 heavy (non-hydrogen) atoms. The van der Waals surface area contributed by atoms with Crippen LogP contribution in [0.4, 0.5) is 5.69 Å². The molecular weight excluding hydrogens is 302 g/mol. The van der Waals surface area contributed by atoms with Crippen molar-refractivity contribution in [2.45, 2.75) is 4.21 Å². The predicted molar refractivity (Wildman–Crippen MR) is 75.3 cm³/mol. The Bertz CT molecular complexity index is 739. The Balaban J connectivity index is 2.11. The molecule has 0 spiro atoms. The summed E-state index contributed by atoms with van der Waals surface area (Å²) in [7, 11) is -3.68. The standard InChI is InChI=1S/C11H9N3O4S2/c15-14(16)10-4-1-3-9(7-10)8-12-13-20(17,18)11-5-2-6-19-11/h1-8,13H/b12-8+. The molecular formula is C11H9N3O4S2. The molecule has 9 heteroatoms. The van der Waals surface area contributed by atoms with Crippen LogP contribution >= 0.6 is 11.3 Å². The van der Waals surface area contributed by atoms with Crippen molar-refractivity contribution < 1.29 is 13.3 Å². The van der Waals surface area contributed by atoms with Crippen molar-refractivity contribution in [2.24, 2.45) is 5.10 Å². The number of rotatable bonds is 5. The molecule has 7 nitrogen and oxygen atoms in total. The number of sulfonamides is 1. The highest BCUT2D eigenvalue weighted by Crippen LogP contribution is 2.15. The van der Waals surface area contributed by atoms with Gasteiger partial charge in [-0.25, -0.2) is 0 Å². The van der Waals surface area contributed by atoms with Crippen molar-refractivity contribution in [3.8, 4) is 0 Å². The van der Waals surface area contributed by atoms with E-state index in [4.69, 9.17) is 0 Å². The Morgan fingerprint density at radius 1 is 1.30 bits per heavy atom. The van der Waals surface area contributed by atoms with Gasteiger partial charge in [0.15, 0.2) is 0 Å². The molecule has 0 radical (unpaired) electrons. The molecule has 0 aliphatic rings. The van der Waals surface area contributed by atoms with Gasteiger partial charge in [-0.15, -0.1) is 11.3 Å². The van der Waals surface area contributed by atoms with E-state index in [1.54, 1.807) is 17.5 Å². The van der Waals surface area contributed by atoms with Gasteiger partial charge in [-0.05, 0) is 11.4 Å². The number of hydrogen-bond acceptors (Lipinski definition) is 6. The maximum atomic E-state index is 11.7. The van der Waals surface area contributed by atoms with Gasteiger partial charge in [0.1, 0.15) is 4.21 Å². The van der Waals surface area contributed by atoms with E-state index in [-0.39, 0.29) is 9.90 Å². The number of nitro benzene ring substituents is 1. The summed E-state index contributed by atoms with van der Waals surface area (Å²) in [4.78, 5) is 12.1. The zero-order valence-electron chi connectivity index (χ0n) is 9.96. The first kappa shape index (κ1) is 14.2. The van der Waals surface area contributed by atoms with Crippen LogP contribution < -0.4 is 4.83 Å². The van der Waals surface area contributed by atoms with Gasteiger partial charge in [0.25, 0.3) is 15.7 Å². The molecule has 0 amide bonds. The molecule has 1 N–H and O–H groups in total. The molecule has 0 fully saturated rings. The first-order chi connectivity index (χ1) is 9.49. The minimum Gasteiger partial charge on any atom is -0.258 e. The van der Waals surface area contributed by atoms with E-state index < -0.39 is 14.9 Å². The van der Waals surface area contributed by atoms with E-state index in [1.807, 2.05) is 4.83 Å². The predicted octanol–water partition coefficient (Wildman–Crippen LogP) is 1.97. The van der Waals surface area contributed by atoms with Crippen LogP contribution in [0.2, 0.25) is 0 Å². The second kappa shape index (κ2) is 5.80. The van der Waals surface area contributed by atoms with Crippen molar-refractivity contribution in [2.75, 3.05) is 0 Å². The molecule has 0 bridgehead atoms. The molecule has 0 aliphatic heterocycles. The highest BCUT2D eigenvalue weighted by atomic mass is 32.2. The van der Waals surface area contributed by atoms with Crippen molar-refractivity contribution in [3.05, 3.63) is 57.5 Å². The Kier molecular flexibility index (Phi) is 4.11. The van der Waals surface area contributed by atoms with Crippen LogP contribution in [0.25, 0.3) is 0 Å². The van der Waals surface area contributed by atoms with Crippen LogP contribution in [0.5, 0.6) is 0 Å². The minimum atomic E-state index is -3.68. The van der Waals surface area contributed by atoms with E-state index in [0.29, 0.717) is 5.56 Å². The fourth-order valence-corrected chi connectivity index (χ4v) is 3.12. The molecule has 0 unspecified atom stereocenters. The molecule has 0 saturated heterocycles. The number of non-ortho nitro benzene ring substituents is 1. The van der Waals surface area contributed by atoms with Gasteiger partial charge >= 0.3 is 0 Å². The summed E-state index contributed by atoms with van der Waals surface area (Å²) in [6.45, 7) is 0. The Morgan fingerprint density at radius 2 is 2.10 bits per heavy atom. The lowest BCUT2D eigenvalue weighted by atomic mass is 10.2. The van der Waals surface area contributed by atoms with Crippen LogP contribution in [0.3, 0.4) is 0 Å². The summed E-state index contributed by atoms with van der Waals surface area (Å²) < 4.78 is 23.6. The summed E-state index contributed by atoms with van der Waals surface area (Å²) >= 11 is 1.07. The van der Waals surface area contributed by atoms with E-state index in [2.05, 4.69) is 5.10 Å². The van der Waals surface area contributed by atoms with Crippen LogP contribution in [-0.4, -0.2) is 19.6 Å². The van der Waals surface area contributed by atoms with E-state index in [1.165, 1.54) is 30.5 Å². The minimum absolute atomic E-state index is 0.0879. The van der Waals surface area contributed by atoms with Crippen LogP contribution in [0.15, 0.2) is 51.1 Å². The Hall–Kier alpha value is -2.26. The number of hydrazone groups is 1. The SMILES string of the molecule is O=[N+]([O-])c1cccc(/C=N/NS(=O)(=O)c2cccs2)c1. The lowest BCUT2D eigenvalue weighted by Crippen LogP contribution is -2.17. The number of nitro groups is 1. The Labute approximate surface area is 118 Å². The number of nitrogens with one attached hydrogen (secondary N) is 1. The van der Waals surface area contributed by atoms with Crippen molar-refractivity contribution in [1.29, 1.82) is 0 Å². The lowest BCUT2D eigenvalue weighted by molar-refractivity contribution is -0.384. The van der Waals surface area contributed by atoms with Crippen LogP contribution in [0, 0.1) is 10.1 Å². The molecule has 0 atom stereocenters. The van der Waals surface area contributed by atoms with E-state index in [9.17, 15) is 18.5 Å². The third kappa shape index (κ3) is 3.39. The first-order valence-corrected chi connectivity index (χ1v) is 7.68. The van der Waals surface area contributed by atoms with Gasteiger partial charge in [0, 0.05) is 17.7 Å². The largest absolute Gasteiger partial charge is 0.286 e. The second-order valence-electron chi connectivity index (χ2n) is 3.64. The van der Waals surface area contributed by atoms with Gasteiger partial charge in [0.05, 0.1) is 11.1 Å². The second-order valence-corrected chi connectivity index (χ2v) is 6.47. The number of nitrogens with zero attached hydrogens (tertiary/aromatic N) is 2. The van der Waals surface area contributed by atoms with Crippen molar-refractivity contribution >= 4 is 33.3 Å². The first-order valence-electron chi connectivity index (χ1n) is 5.32. The zero-order valence-corrected chi connectivity index (χ0v) is 11.6. The van der Waals surface area contributed by atoms with Crippen molar-refractivity contribution in [1.82, 2.24) is 4.83 Å². The average molecular weight is 311 g/mol. The zero-order chi connectivity index (χ0) is 14.6. The smallest absolute Gasteiger partial charge is 0.258 e. The number of benzene rings is 1. The fraction of sp³-hybridized carbons (Fsp3) is 0. The summed E-state index contributed by atoms with van der Waals surface area (Å²) in [5.41, 5.74) is 0.336. The third-order valence-electron chi connectivity index (χ3n) is 2.23.